The van der Waals surface area contributed by atoms with Crippen LogP contribution in [0.1, 0.15) is 22.8 Å². The Labute approximate surface area is 136 Å². The van der Waals surface area contributed by atoms with Crippen molar-refractivity contribution in [3.63, 3.8) is 0 Å². The van der Waals surface area contributed by atoms with E-state index in [0.29, 0.717) is 16.9 Å². The molecule has 0 atom stereocenters. The van der Waals surface area contributed by atoms with Crippen LogP contribution >= 0.6 is 0 Å². The van der Waals surface area contributed by atoms with Gasteiger partial charge in [0.05, 0.1) is 12.1 Å². The SMILES string of the molecule is CC(=O)c1ccc(NC(=O)CNc2ccc(C(F)(F)F)cc2)cc1. The van der Waals surface area contributed by atoms with E-state index in [0.717, 1.165) is 12.1 Å². The molecule has 0 aliphatic rings. The van der Waals surface area contributed by atoms with E-state index in [9.17, 15) is 22.8 Å². The highest BCUT2D eigenvalue weighted by atomic mass is 19.4. The number of benzene rings is 2. The molecule has 4 nitrogen and oxygen atoms in total. The Morgan fingerprint density at radius 3 is 1.96 bits per heavy atom. The van der Waals surface area contributed by atoms with Gasteiger partial charge in [-0.2, -0.15) is 13.2 Å². The Morgan fingerprint density at radius 1 is 0.917 bits per heavy atom. The van der Waals surface area contributed by atoms with Gasteiger partial charge in [-0.05, 0) is 55.5 Å². The summed E-state index contributed by atoms with van der Waals surface area (Å²) in [5, 5.41) is 5.36. The van der Waals surface area contributed by atoms with Gasteiger partial charge in [0, 0.05) is 16.9 Å². The monoisotopic (exact) mass is 336 g/mol. The number of carbonyl (C=O) groups is 2. The summed E-state index contributed by atoms with van der Waals surface area (Å²) in [7, 11) is 0. The van der Waals surface area contributed by atoms with Crippen LogP contribution in [0.15, 0.2) is 48.5 Å². The third-order valence-electron chi connectivity index (χ3n) is 3.24. The van der Waals surface area contributed by atoms with Gasteiger partial charge in [-0.25, -0.2) is 0 Å². The summed E-state index contributed by atoms with van der Waals surface area (Å²) in [6, 6.07) is 10.8. The highest BCUT2D eigenvalue weighted by Gasteiger charge is 2.29. The normalized spacial score (nSPS) is 11.0. The van der Waals surface area contributed by atoms with Gasteiger partial charge in [0.25, 0.3) is 0 Å². The van der Waals surface area contributed by atoms with Gasteiger partial charge in [0.1, 0.15) is 0 Å². The third kappa shape index (κ3) is 4.84. The fraction of sp³-hybridized carbons (Fsp3) is 0.176. The van der Waals surface area contributed by atoms with Gasteiger partial charge < -0.3 is 10.6 Å². The average Bonchev–Trinajstić information content (AvgIpc) is 2.53. The molecule has 7 heteroatoms. The van der Waals surface area contributed by atoms with Gasteiger partial charge in [-0.3, -0.25) is 9.59 Å². The Kier molecular flexibility index (Phi) is 5.23. The van der Waals surface area contributed by atoms with Crippen molar-refractivity contribution in [3.05, 3.63) is 59.7 Å². The van der Waals surface area contributed by atoms with Gasteiger partial charge in [0.2, 0.25) is 5.91 Å². The van der Waals surface area contributed by atoms with E-state index in [1.165, 1.54) is 19.1 Å². The second kappa shape index (κ2) is 7.16. The second-order valence-electron chi connectivity index (χ2n) is 5.11. The number of hydrogen-bond acceptors (Lipinski definition) is 3. The number of alkyl halides is 3. The minimum Gasteiger partial charge on any atom is -0.376 e. The number of nitrogens with one attached hydrogen (secondary N) is 2. The predicted octanol–water partition coefficient (Wildman–Crippen LogP) is 3.96. The molecule has 126 valence electrons. The molecule has 2 aromatic carbocycles. The van der Waals surface area contributed by atoms with Crippen LogP contribution in [-0.2, 0) is 11.0 Å². The first kappa shape index (κ1) is 17.5. The van der Waals surface area contributed by atoms with Crippen molar-refractivity contribution < 1.29 is 22.8 Å². The fourth-order valence-corrected chi connectivity index (χ4v) is 1.95. The number of carbonyl (C=O) groups excluding carboxylic acids is 2. The largest absolute Gasteiger partial charge is 0.416 e. The maximum absolute atomic E-state index is 12.4. The highest BCUT2D eigenvalue weighted by molar-refractivity contribution is 5.96. The van der Waals surface area contributed by atoms with E-state index >= 15 is 0 Å². The van der Waals surface area contributed by atoms with Crippen LogP contribution < -0.4 is 10.6 Å². The first-order chi connectivity index (χ1) is 11.3. The van der Waals surface area contributed by atoms with Crippen molar-refractivity contribution in [2.75, 3.05) is 17.2 Å². The van der Waals surface area contributed by atoms with Crippen LogP contribution in [0.2, 0.25) is 0 Å². The summed E-state index contributed by atoms with van der Waals surface area (Å²) in [4.78, 5) is 23.0. The number of Topliss-reactive ketones (excluding diaryl/α,β-unsaturated/α-hetero) is 1. The fourth-order valence-electron chi connectivity index (χ4n) is 1.95. The number of anilines is 2. The molecule has 0 radical (unpaired) electrons. The quantitative estimate of drug-likeness (QED) is 0.813. The first-order valence-electron chi connectivity index (χ1n) is 7.08. The van der Waals surface area contributed by atoms with Gasteiger partial charge in [-0.15, -0.1) is 0 Å². The number of rotatable bonds is 5. The zero-order valence-electron chi connectivity index (χ0n) is 12.8. The first-order valence-corrected chi connectivity index (χ1v) is 7.08. The smallest absolute Gasteiger partial charge is 0.376 e. The van der Waals surface area contributed by atoms with E-state index in [4.69, 9.17) is 0 Å². The Morgan fingerprint density at radius 2 is 1.46 bits per heavy atom. The molecule has 0 saturated carbocycles. The summed E-state index contributed by atoms with van der Waals surface area (Å²) in [5.41, 5.74) is 0.725. The molecule has 2 aromatic rings. The van der Waals surface area contributed by atoms with Crippen LogP contribution in [-0.4, -0.2) is 18.2 Å². The summed E-state index contributed by atoms with van der Waals surface area (Å²) in [5.74, 6) is -0.428. The molecule has 24 heavy (non-hydrogen) atoms. The van der Waals surface area contributed by atoms with Crippen molar-refractivity contribution in [1.82, 2.24) is 0 Å². The Hall–Kier alpha value is -2.83. The number of amides is 1. The minimum atomic E-state index is -4.39. The zero-order valence-corrected chi connectivity index (χ0v) is 12.8. The van der Waals surface area contributed by atoms with Crippen molar-refractivity contribution in [2.45, 2.75) is 13.1 Å². The van der Waals surface area contributed by atoms with E-state index in [1.807, 2.05) is 0 Å². The highest BCUT2D eigenvalue weighted by Crippen LogP contribution is 2.29. The number of ketones is 1. The summed E-state index contributed by atoms with van der Waals surface area (Å²) in [6.45, 7) is 1.35. The molecule has 0 spiro atoms. The molecule has 1 amide bonds. The molecule has 0 aliphatic carbocycles. The zero-order chi connectivity index (χ0) is 17.7. The van der Waals surface area contributed by atoms with E-state index in [-0.39, 0.29) is 18.2 Å². The second-order valence-corrected chi connectivity index (χ2v) is 5.11. The summed E-state index contributed by atoms with van der Waals surface area (Å²) < 4.78 is 37.3. The standard InChI is InChI=1S/C17H15F3N2O2/c1-11(23)12-2-6-15(7-3-12)22-16(24)10-21-14-8-4-13(5-9-14)17(18,19)20/h2-9,21H,10H2,1H3,(H,22,24). The van der Waals surface area contributed by atoms with Gasteiger partial charge >= 0.3 is 6.18 Å². The molecular formula is C17H15F3N2O2. The lowest BCUT2D eigenvalue weighted by Crippen LogP contribution is -2.21. The van der Waals surface area contributed by atoms with E-state index < -0.39 is 11.7 Å². The molecule has 0 aliphatic heterocycles. The Bertz CT molecular complexity index is 723. The number of hydrogen-bond donors (Lipinski definition) is 2. The van der Waals surface area contributed by atoms with Crippen molar-refractivity contribution in [3.8, 4) is 0 Å². The summed E-state index contributed by atoms with van der Waals surface area (Å²) in [6.07, 6.45) is -4.39. The van der Waals surface area contributed by atoms with Crippen LogP contribution in [0.3, 0.4) is 0 Å². The van der Waals surface area contributed by atoms with E-state index in [1.54, 1.807) is 24.3 Å². The lowest BCUT2D eigenvalue weighted by atomic mass is 10.1. The molecule has 0 fully saturated rings. The maximum atomic E-state index is 12.4. The molecule has 2 N–H and O–H groups in total. The third-order valence-corrected chi connectivity index (χ3v) is 3.24. The van der Waals surface area contributed by atoms with Crippen LogP contribution in [0, 0.1) is 0 Å². The molecule has 0 unspecified atom stereocenters. The van der Waals surface area contributed by atoms with Crippen LogP contribution in [0.4, 0.5) is 24.5 Å². The molecule has 0 bridgehead atoms. The number of halogens is 3. The Balaban J connectivity index is 1.87. The van der Waals surface area contributed by atoms with Crippen molar-refractivity contribution in [1.29, 1.82) is 0 Å². The maximum Gasteiger partial charge on any atom is 0.416 e. The molecule has 0 aromatic heterocycles. The molecule has 0 heterocycles. The molecule has 2 rings (SSSR count). The topological polar surface area (TPSA) is 58.2 Å². The molecule has 0 saturated heterocycles. The van der Waals surface area contributed by atoms with Crippen molar-refractivity contribution in [2.24, 2.45) is 0 Å². The average molecular weight is 336 g/mol. The lowest BCUT2D eigenvalue weighted by molar-refractivity contribution is -0.137. The van der Waals surface area contributed by atoms with E-state index in [2.05, 4.69) is 10.6 Å². The van der Waals surface area contributed by atoms with Crippen LogP contribution in [0.5, 0.6) is 0 Å². The predicted molar refractivity (Wildman–Crippen MR) is 85.0 cm³/mol. The van der Waals surface area contributed by atoms with Crippen molar-refractivity contribution >= 4 is 23.1 Å². The lowest BCUT2D eigenvalue weighted by Gasteiger charge is -2.10. The van der Waals surface area contributed by atoms with Gasteiger partial charge in [0.15, 0.2) is 5.78 Å². The van der Waals surface area contributed by atoms with Crippen LogP contribution in [0.25, 0.3) is 0 Å². The minimum absolute atomic E-state index is 0.0724. The summed E-state index contributed by atoms with van der Waals surface area (Å²) >= 11 is 0. The molecular weight excluding hydrogens is 321 g/mol. The van der Waals surface area contributed by atoms with Gasteiger partial charge in [-0.1, -0.05) is 0 Å².